The summed E-state index contributed by atoms with van der Waals surface area (Å²) in [5.74, 6) is -0.313. The molecule has 1 saturated carbocycles. The minimum atomic E-state index is -0.313. The van der Waals surface area contributed by atoms with Crippen molar-refractivity contribution in [1.29, 1.82) is 5.26 Å². The number of amides is 1. The van der Waals surface area contributed by atoms with Crippen molar-refractivity contribution >= 4 is 5.91 Å². The highest BCUT2D eigenvalue weighted by atomic mass is 16.5. The third-order valence-electron chi connectivity index (χ3n) is 3.39. The Kier molecular flexibility index (Phi) is 8.48. The van der Waals surface area contributed by atoms with Crippen molar-refractivity contribution in [3.8, 4) is 6.07 Å². The molecule has 0 heterocycles. The number of nitriles is 1. The van der Waals surface area contributed by atoms with Gasteiger partial charge in [-0.05, 0) is 26.2 Å². The molecule has 0 atom stereocenters. The van der Waals surface area contributed by atoms with Gasteiger partial charge in [0.2, 0.25) is 0 Å². The van der Waals surface area contributed by atoms with Crippen LogP contribution in [0.4, 0.5) is 0 Å². The molecule has 20 heavy (non-hydrogen) atoms. The number of ether oxygens (including phenoxy) is 1. The standard InChI is InChI=1S/C15H25N3O2/c1-2-20-10-6-9-17-15(19)13(11-16)12-18-14-7-4-3-5-8-14/h12,14,18H,2-10H2,1H3,(H,17,19)/b13-12-. The number of hydrogen-bond acceptors (Lipinski definition) is 4. The maximum Gasteiger partial charge on any atom is 0.263 e. The summed E-state index contributed by atoms with van der Waals surface area (Å²) < 4.78 is 5.19. The molecular formula is C15H25N3O2. The van der Waals surface area contributed by atoms with Crippen LogP contribution in [0.2, 0.25) is 0 Å². The summed E-state index contributed by atoms with van der Waals surface area (Å²) in [5, 5.41) is 14.9. The molecule has 0 aromatic rings. The zero-order chi connectivity index (χ0) is 14.6. The van der Waals surface area contributed by atoms with Gasteiger partial charge in [0.05, 0.1) is 0 Å². The highest BCUT2D eigenvalue weighted by Gasteiger charge is 2.13. The SMILES string of the molecule is CCOCCCNC(=O)/C(C#N)=C\NC1CCCCC1. The van der Waals surface area contributed by atoms with Crippen LogP contribution in [0.15, 0.2) is 11.8 Å². The summed E-state index contributed by atoms with van der Waals surface area (Å²) >= 11 is 0. The lowest BCUT2D eigenvalue weighted by molar-refractivity contribution is -0.117. The molecule has 2 N–H and O–H groups in total. The second kappa shape index (κ2) is 10.3. The Morgan fingerprint density at radius 3 is 2.80 bits per heavy atom. The molecule has 1 fully saturated rings. The molecule has 0 saturated heterocycles. The molecule has 0 aliphatic heterocycles. The lowest BCUT2D eigenvalue weighted by atomic mass is 9.96. The van der Waals surface area contributed by atoms with Crippen molar-refractivity contribution in [2.24, 2.45) is 0 Å². The van der Waals surface area contributed by atoms with E-state index in [2.05, 4.69) is 10.6 Å². The molecule has 0 spiro atoms. The Morgan fingerprint density at radius 2 is 2.15 bits per heavy atom. The van der Waals surface area contributed by atoms with Crippen LogP contribution in [0, 0.1) is 11.3 Å². The lowest BCUT2D eigenvalue weighted by Crippen LogP contribution is -2.30. The molecule has 0 aromatic heterocycles. The number of nitrogens with one attached hydrogen (secondary N) is 2. The molecule has 1 amide bonds. The van der Waals surface area contributed by atoms with Crippen molar-refractivity contribution < 1.29 is 9.53 Å². The van der Waals surface area contributed by atoms with E-state index < -0.39 is 0 Å². The van der Waals surface area contributed by atoms with Crippen molar-refractivity contribution in [3.05, 3.63) is 11.8 Å². The second-order valence-corrected chi connectivity index (χ2v) is 4.98. The van der Waals surface area contributed by atoms with E-state index in [1.165, 1.54) is 19.3 Å². The van der Waals surface area contributed by atoms with Gasteiger partial charge in [-0.15, -0.1) is 0 Å². The highest BCUT2D eigenvalue weighted by Crippen LogP contribution is 2.17. The van der Waals surface area contributed by atoms with Crippen molar-refractivity contribution in [2.75, 3.05) is 19.8 Å². The molecule has 5 heteroatoms. The van der Waals surface area contributed by atoms with Gasteiger partial charge in [0.1, 0.15) is 11.6 Å². The van der Waals surface area contributed by atoms with E-state index in [1.54, 1.807) is 6.20 Å². The van der Waals surface area contributed by atoms with Crippen LogP contribution < -0.4 is 10.6 Å². The Hall–Kier alpha value is -1.54. The molecular weight excluding hydrogens is 254 g/mol. The van der Waals surface area contributed by atoms with Gasteiger partial charge in [0, 0.05) is 32.0 Å². The Morgan fingerprint density at radius 1 is 1.40 bits per heavy atom. The van der Waals surface area contributed by atoms with Crippen LogP contribution >= 0.6 is 0 Å². The van der Waals surface area contributed by atoms with E-state index in [9.17, 15) is 4.79 Å². The van der Waals surface area contributed by atoms with Crippen LogP contribution in [-0.4, -0.2) is 31.7 Å². The molecule has 0 radical (unpaired) electrons. The average molecular weight is 279 g/mol. The third-order valence-corrected chi connectivity index (χ3v) is 3.39. The smallest absolute Gasteiger partial charge is 0.263 e. The topological polar surface area (TPSA) is 74.1 Å². The molecule has 1 rings (SSSR count). The van der Waals surface area contributed by atoms with Gasteiger partial charge in [0.25, 0.3) is 5.91 Å². The van der Waals surface area contributed by atoms with Crippen molar-refractivity contribution in [2.45, 2.75) is 51.5 Å². The lowest BCUT2D eigenvalue weighted by Gasteiger charge is -2.21. The van der Waals surface area contributed by atoms with Crippen LogP contribution in [0.3, 0.4) is 0 Å². The maximum absolute atomic E-state index is 11.8. The molecule has 1 aliphatic carbocycles. The summed E-state index contributed by atoms with van der Waals surface area (Å²) in [6, 6.07) is 2.35. The molecule has 112 valence electrons. The number of hydrogen-bond donors (Lipinski definition) is 2. The predicted molar refractivity (Wildman–Crippen MR) is 77.8 cm³/mol. The van der Waals surface area contributed by atoms with E-state index >= 15 is 0 Å². The van der Waals surface area contributed by atoms with E-state index in [1.807, 2.05) is 13.0 Å². The van der Waals surface area contributed by atoms with Crippen LogP contribution in [-0.2, 0) is 9.53 Å². The number of carbonyl (C=O) groups is 1. The monoisotopic (exact) mass is 279 g/mol. The van der Waals surface area contributed by atoms with E-state index in [-0.39, 0.29) is 11.5 Å². The summed E-state index contributed by atoms with van der Waals surface area (Å²) in [6.07, 6.45) is 8.28. The van der Waals surface area contributed by atoms with Gasteiger partial charge < -0.3 is 15.4 Å². The Bertz CT molecular complexity index is 355. The van der Waals surface area contributed by atoms with E-state index in [0.29, 0.717) is 25.8 Å². The van der Waals surface area contributed by atoms with Crippen LogP contribution in [0.5, 0.6) is 0 Å². The van der Waals surface area contributed by atoms with Gasteiger partial charge in [0.15, 0.2) is 0 Å². The first-order valence-corrected chi connectivity index (χ1v) is 7.50. The number of nitrogens with zero attached hydrogens (tertiary/aromatic N) is 1. The first-order valence-electron chi connectivity index (χ1n) is 7.50. The Labute approximate surface area is 121 Å². The number of rotatable bonds is 8. The van der Waals surface area contributed by atoms with Gasteiger partial charge >= 0.3 is 0 Å². The largest absolute Gasteiger partial charge is 0.387 e. The summed E-state index contributed by atoms with van der Waals surface area (Å²) in [6.45, 7) is 3.78. The fraction of sp³-hybridized carbons (Fsp3) is 0.733. The number of carbonyl (C=O) groups excluding carboxylic acids is 1. The fourth-order valence-electron chi connectivity index (χ4n) is 2.23. The normalized spacial score (nSPS) is 16.5. The van der Waals surface area contributed by atoms with Gasteiger partial charge in [-0.25, -0.2) is 0 Å². The van der Waals surface area contributed by atoms with Gasteiger partial charge in [-0.2, -0.15) is 5.26 Å². The van der Waals surface area contributed by atoms with E-state index in [0.717, 1.165) is 19.3 Å². The predicted octanol–water partition coefficient (Wildman–Crippen LogP) is 1.86. The molecule has 0 unspecified atom stereocenters. The van der Waals surface area contributed by atoms with Crippen LogP contribution in [0.1, 0.15) is 45.4 Å². The molecule has 5 nitrogen and oxygen atoms in total. The minimum Gasteiger partial charge on any atom is -0.387 e. The van der Waals surface area contributed by atoms with Crippen LogP contribution in [0.25, 0.3) is 0 Å². The van der Waals surface area contributed by atoms with E-state index in [4.69, 9.17) is 10.00 Å². The zero-order valence-electron chi connectivity index (χ0n) is 12.3. The van der Waals surface area contributed by atoms with Crippen molar-refractivity contribution in [1.82, 2.24) is 10.6 Å². The van der Waals surface area contributed by atoms with Crippen molar-refractivity contribution in [3.63, 3.8) is 0 Å². The summed E-state index contributed by atoms with van der Waals surface area (Å²) in [4.78, 5) is 11.8. The third kappa shape index (κ3) is 6.58. The average Bonchev–Trinajstić information content (AvgIpc) is 2.48. The summed E-state index contributed by atoms with van der Waals surface area (Å²) in [7, 11) is 0. The zero-order valence-corrected chi connectivity index (χ0v) is 12.3. The quantitative estimate of drug-likeness (QED) is 0.404. The Balaban J connectivity index is 2.28. The molecule has 1 aliphatic rings. The van der Waals surface area contributed by atoms with Gasteiger partial charge in [-0.3, -0.25) is 4.79 Å². The second-order valence-electron chi connectivity index (χ2n) is 4.98. The maximum atomic E-state index is 11.8. The van der Waals surface area contributed by atoms with Gasteiger partial charge in [-0.1, -0.05) is 19.3 Å². The first kappa shape index (κ1) is 16.5. The minimum absolute atomic E-state index is 0.145. The summed E-state index contributed by atoms with van der Waals surface area (Å²) in [5.41, 5.74) is 0.145. The molecule has 0 bridgehead atoms. The highest BCUT2D eigenvalue weighted by molar-refractivity contribution is 5.97. The first-order chi connectivity index (χ1) is 9.77. The fourth-order valence-corrected chi connectivity index (χ4v) is 2.23. The molecule has 0 aromatic carbocycles.